The van der Waals surface area contributed by atoms with Gasteiger partial charge in [-0.05, 0) is 11.1 Å². The average molecular weight is 459 g/mol. The first kappa shape index (κ1) is 25.8. The number of rotatable bonds is 12. The predicted octanol–water partition coefficient (Wildman–Crippen LogP) is 1.88. The normalized spacial score (nSPS) is 12.3. The van der Waals surface area contributed by atoms with Gasteiger partial charge in [0.1, 0.15) is 12.6 Å². The van der Waals surface area contributed by atoms with E-state index in [1.807, 2.05) is 48.5 Å². The zero-order valence-corrected chi connectivity index (χ0v) is 18.8. The Balaban J connectivity index is 2.16. The topological polar surface area (TPSA) is 114 Å². The number of benzene rings is 2. The van der Waals surface area contributed by atoms with Crippen molar-refractivity contribution in [2.45, 2.75) is 31.7 Å². The van der Waals surface area contributed by atoms with Crippen molar-refractivity contribution in [3.05, 3.63) is 71.8 Å². The highest BCUT2D eigenvalue weighted by atomic mass is 16.5. The molecule has 0 spiro atoms. The van der Waals surface area contributed by atoms with E-state index in [-0.39, 0.29) is 32.7 Å². The van der Waals surface area contributed by atoms with Crippen LogP contribution in [0.1, 0.15) is 17.5 Å². The van der Waals surface area contributed by atoms with Crippen molar-refractivity contribution in [2.75, 3.05) is 27.4 Å². The summed E-state index contributed by atoms with van der Waals surface area (Å²) in [4.78, 5) is 39.2. The van der Waals surface area contributed by atoms with Gasteiger partial charge in [-0.15, -0.1) is 0 Å². The van der Waals surface area contributed by atoms with Crippen LogP contribution in [0.5, 0.6) is 0 Å². The zero-order valence-electron chi connectivity index (χ0n) is 18.8. The lowest BCUT2D eigenvalue weighted by atomic mass is 10.1. The van der Waals surface area contributed by atoms with Gasteiger partial charge in [0.2, 0.25) is 5.91 Å². The Hall–Kier alpha value is -3.43. The molecule has 33 heavy (non-hydrogen) atoms. The molecule has 0 radical (unpaired) electrons. The molecule has 0 aliphatic heterocycles. The fourth-order valence-electron chi connectivity index (χ4n) is 3.07. The average Bonchev–Trinajstić information content (AvgIpc) is 2.85. The molecule has 0 aliphatic rings. The summed E-state index contributed by atoms with van der Waals surface area (Å²) in [5.41, 5.74) is 1.61. The van der Waals surface area contributed by atoms with E-state index in [1.54, 1.807) is 12.1 Å². The molecule has 0 saturated carbocycles. The number of carbonyl (C=O) groups is 3. The van der Waals surface area contributed by atoms with E-state index in [0.717, 1.165) is 11.1 Å². The van der Waals surface area contributed by atoms with E-state index in [2.05, 4.69) is 5.32 Å². The van der Waals surface area contributed by atoms with Gasteiger partial charge in [0, 0.05) is 20.2 Å². The van der Waals surface area contributed by atoms with Gasteiger partial charge in [-0.1, -0.05) is 60.7 Å². The van der Waals surface area contributed by atoms with Crippen LogP contribution < -0.4 is 5.32 Å². The third kappa shape index (κ3) is 8.91. The minimum absolute atomic E-state index is 0.00972. The Morgan fingerprint density at radius 3 is 2.12 bits per heavy atom. The lowest BCUT2D eigenvalue weighted by molar-refractivity contribution is -0.146. The highest BCUT2D eigenvalue weighted by Crippen LogP contribution is 2.11. The lowest BCUT2D eigenvalue weighted by Gasteiger charge is -2.30. The van der Waals surface area contributed by atoms with E-state index in [1.165, 1.54) is 19.1 Å². The van der Waals surface area contributed by atoms with Crippen LogP contribution in [0, 0.1) is 0 Å². The molecule has 0 bridgehead atoms. The van der Waals surface area contributed by atoms with Crippen LogP contribution in [0.2, 0.25) is 0 Å². The van der Waals surface area contributed by atoms with Crippen LogP contribution in [0.4, 0.5) is 4.79 Å². The second-order valence-corrected chi connectivity index (χ2v) is 7.28. The maximum absolute atomic E-state index is 13.4. The molecule has 178 valence electrons. The number of hydrogen-bond acceptors (Lipinski definition) is 7. The van der Waals surface area contributed by atoms with E-state index < -0.39 is 30.1 Å². The van der Waals surface area contributed by atoms with Gasteiger partial charge >= 0.3 is 12.1 Å². The first-order valence-electron chi connectivity index (χ1n) is 10.5. The van der Waals surface area contributed by atoms with Crippen molar-refractivity contribution in [3.8, 4) is 0 Å². The molecule has 2 atom stereocenters. The highest BCUT2D eigenvalue weighted by Gasteiger charge is 2.30. The standard InChI is InChI=1S/C24H30N2O7/c1-31-20(16-27)15-26(14-18-9-5-3-6-10-18)23(29)21(13-22(28)32-2)25-24(30)33-17-19-11-7-4-8-12-19/h3-12,20-21,27H,13-17H2,1-2H3,(H,25,30)/t20?,21-/m1/s1. The molecule has 0 saturated heterocycles. The smallest absolute Gasteiger partial charge is 0.408 e. The van der Waals surface area contributed by atoms with Gasteiger partial charge in [-0.2, -0.15) is 0 Å². The molecule has 0 aromatic heterocycles. The highest BCUT2D eigenvalue weighted by molar-refractivity contribution is 5.89. The molecule has 2 aromatic rings. The molecule has 1 unspecified atom stereocenters. The summed E-state index contributed by atoms with van der Waals surface area (Å²) in [6.45, 7) is -0.0455. The molecule has 0 heterocycles. The second-order valence-electron chi connectivity index (χ2n) is 7.28. The molecular formula is C24H30N2O7. The summed E-state index contributed by atoms with van der Waals surface area (Å²) in [7, 11) is 2.63. The van der Waals surface area contributed by atoms with Gasteiger partial charge in [0.05, 0.1) is 26.2 Å². The van der Waals surface area contributed by atoms with Crippen LogP contribution >= 0.6 is 0 Å². The van der Waals surface area contributed by atoms with Gasteiger partial charge in [-0.25, -0.2) is 4.79 Å². The number of ether oxygens (including phenoxy) is 3. The molecule has 2 aromatic carbocycles. The maximum Gasteiger partial charge on any atom is 0.408 e. The molecule has 0 fully saturated rings. The van der Waals surface area contributed by atoms with Crippen LogP contribution in [-0.4, -0.2) is 67.5 Å². The zero-order chi connectivity index (χ0) is 24.1. The van der Waals surface area contributed by atoms with Gasteiger partial charge < -0.3 is 29.5 Å². The summed E-state index contributed by atoms with van der Waals surface area (Å²) in [6.07, 6.45) is -1.86. The van der Waals surface area contributed by atoms with Gasteiger partial charge in [-0.3, -0.25) is 9.59 Å². The van der Waals surface area contributed by atoms with Crippen molar-refractivity contribution < 1.29 is 33.7 Å². The monoisotopic (exact) mass is 458 g/mol. The van der Waals surface area contributed by atoms with Crippen molar-refractivity contribution in [1.82, 2.24) is 10.2 Å². The largest absolute Gasteiger partial charge is 0.469 e. The Morgan fingerprint density at radius 2 is 1.58 bits per heavy atom. The Bertz CT molecular complexity index is 873. The van der Waals surface area contributed by atoms with Gasteiger partial charge in [0.25, 0.3) is 0 Å². The number of aliphatic hydroxyl groups is 1. The Morgan fingerprint density at radius 1 is 0.970 bits per heavy atom. The molecule has 9 nitrogen and oxygen atoms in total. The van der Waals surface area contributed by atoms with Crippen LogP contribution in [0.25, 0.3) is 0 Å². The molecule has 0 aliphatic carbocycles. The molecular weight excluding hydrogens is 428 g/mol. The number of aliphatic hydroxyl groups excluding tert-OH is 1. The summed E-state index contributed by atoms with van der Waals surface area (Å²) in [6, 6.07) is 17.1. The van der Waals surface area contributed by atoms with Crippen LogP contribution in [0.15, 0.2) is 60.7 Å². The first-order chi connectivity index (χ1) is 16.0. The number of alkyl carbamates (subject to hydrolysis) is 1. The van der Waals surface area contributed by atoms with Crippen molar-refractivity contribution >= 4 is 18.0 Å². The number of nitrogens with one attached hydrogen (secondary N) is 1. The Kier molecular flexibility index (Phi) is 10.9. The van der Waals surface area contributed by atoms with Crippen molar-refractivity contribution in [2.24, 2.45) is 0 Å². The number of nitrogens with zero attached hydrogens (tertiary/aromatic N) is 1. The molecule has 2 amide bonds. The number of methoxy groups -OCH3 is 2. The number of amides is 2. The minimum atomic E-state index is -1.22. The minimum Gasteiger partial charge on any atom is -0.469 e. The predicted molar refractivity (Wildman–Crippen MR) is 120 cm³/mol. The number of carbonyl (C=O) groups excluding carboxylic acids is 3. The van der Waals surface area contributed by atoms with Gasteiger partial charge in [0.15, 0.2) is 0 Å². The third-order valence-electron chi connectivity index (χ3n) is 4.89. The number of hydrogen-bond donors (Lipinski definition) is 2. The van der Waals surface area contributed by atoms with Crippen molar-refractivity contribution in [3.63, 3.8) is 0 Å². The lowest BCUT2D eigenvalue weighted by Crippen LogP contribution is -2.51. The maximum atomic E-state index is 13.4. The van der Waals surface area contributed by atoms with Crippen LogP contribution in [-0.2, 0) is 37.0 Å². The van der Waals surface area contributed by atoms with E-state index in [0.29, 0.717) is 0 Å². The van der Waals surface area contributed by atoms with Crippen LogP contribution in [0.3, 0.4) is 0 Å². The van der Waals surface area contributed by atoms with Crippen molar-refractivity contribution in [1.29, 1.82) is 0 Å². The fourth-order valence-corrected chi connectivity index (χ4v) is 3.07. The van der Waals surface area contributed by atoms with E-state index >= 15 is 0 Å². The second kappa shape index (κ2) is 13.9. The quantitative estimate of drug-likeness (QED) is 0.467. The Labute approximate surface area is 193 Å². The summed E-state index contributed by atoms with van der Waals surface area (Å²) in [5, 5.41) is 12.0. The SMILES string of the molecule is COC(=O)C[C@@H](NC(=O)OCc1ccccc1)C(=O)N(Cc1ccccc1)CC(CO)OC. The summed E-state index contributed by atoms with van der Waals surface area (Å²) in [5.74, 6) is -1.20. The summed E-state index contributed by atoms with van der Waals surface area (Å²) < 4.78 is 15.1. The van der Waals surface area contributed by atoms with E-state index in [9.17, 15) is 19.5 Å². The first-order valence-corrected chi connectivity index (χ1v) is 10.5. The molecule has 9 heteroatoms. The third-order valence-corrected chi connectivity index (χ3v) is 4.89. The number of esters is 1. The summed E-state index contributed by atoms with van der Waals surface area (Å²) >= 11 is 0. The molecule has 2 N–H and O–H groups in total. The molecule has 2 rings (SSSR count). The fraction of sp³-hybridized carbons (Fsp3) is 0.375. The van der Waals surface area contributed by atoms with E-state index in [4.69, 9.17) is 14.2 Å².